The number of hydrogen-bond donors (Lipinski definition) is 0. The zero-order valence-corrected chi connectivity index (χ0v) is 23.3. The fourth-order valence-corrected chi connectivity index (χ4v) is 6.01. The summed E-state index contributed by atoms with van der Waals surface area (Å²) in [5.41, 5.74) is 2.17. The molecule has 0 bridgehead atoms. The van der Waals surface area contributed by atoms with Gasteiger partial charge in [-0.3, -0.25) is 0 Å². The maximum Gasteiger partial charge on any atom is 0.509 e. The van der Waals surface area contributed by atoms with Crippen LogP contribution in [0, 0.1) is 10.8 Å². The molecule has 34 heavy (non-hydrogen) atoms. The molecule has 3 atom stereocenters. The van der Waals surface area contributed by atoms with Gasteiger partial charge in [-0.2, -0.15) is 0 Å². The van der Waals surface area contributed by atoms with E-state index in [2.05, 4.69) is 58.9 Å². The molecule has 194 valence electrons. The second-order valence-electron chi connectivity index (χ2n) is 11.3. The Kier molecular flexibility index (Phi) is 11.0. The summed E-state index contributed by atoms with van der Waals surface area (Å²) in [6, 6.07) is 0. The van der Waals surface area contributed by atoms with Crippen LogP contribution in [0.1, 0.15) is 132 Å². The number of carbonyl (C=O) groups excluding carboxylic acids is 1. The van der Waals surface area contributed by atoms with Crippen molar-refractivity contribution in [2.24, 2.45) is 10.8 Å². The van der Waals surface area contributed by atoms with Gasteiger partial charge in [0.2, 0.25) is 0 Å². The summed E-state index contributed by atoms with van der Waals surface area (Å²) in [6.45, 7) is 15.2. The van der Waals surface area contributed by atoms with E-state index in [1.165, 1.54) is 50.5 Å². The normalized spacial score (nSPS) is 34.6. The van der Waals surface area contributed by atoms with E-state index >= 15 is 0 Å². The zero-order valence-electron chi connectivity index (χ0n) is 23.3. The first kappa shape index (κ1) is 28.7. The Labute approximate surface area is 210 Å². The van der Waals surface area contributed by atoms with Gasteiger partial charge in [-0.25, -0.2) is 4.79 Å². The minimum absolute atomic E-state index is 0.00907. The van der Waals surface area contributed by atoms with Gasteiger partial charge in [-0.1, -0.05) is 90.7 Å². The molecule has 0 spiro atoms. The topological polar surface area (TPSA) is 35.5 Å². The summed E-state index contributed by atoms with van der Waals surface area (Å²) in [4.78, 5) is 12.2. The molecular weight excluding hydrogens is 420 g/mol. The average Bonchev–Trinajstić information content (AvgIpc) is 3.13. The van der Waals surface area contributed by atoms with Gasteiger partial charge in [0.05, 0.1) is 0 Å². The van der Waals surface area contributed by atoms with Gasteiger partial charge in [0.15, 0.2) is 11.7 Å². The van der Waals surface area contributed by atoms with E-state index in [0.717, 1.165) is 38.5 Å². The Morgan fingerprint density at radius 1 is 1.00 bits per heavy atom. The number of fused-ring (bicyclic) bond motifs is 3. The minimum atomic E-state index is -0.546. The molecule has 0 unspecified atom stereocenters. The molecule has 1 heterocycles. The lowest BCUT2D eigenvalue weighted by atomic mass is 9.59. The van der Waals surface area contributed by atoms with Gasteiger partial charge in [0.1, 0.15) is 0 Å². The highest BCUT2D eigenvalue weighted by Crippen LogP contribution is 2.56. The predicted molar refractivity (Wildman–Crippen MR) is 144 cm³/mol. The van der Waals surface area contributed by atoms with Crippen molar-refractivity contribution in [2.75, 3.05) is 0 Å². The smallest absolute Gasteiger partial charge is 0.423 e. The number of unbranched alkanes of at least 4 members (excludes halogenated alkanes) is 1. The maximum absolute atomic E-state index is 12.2. The Balaban J connectivity index is 0.000000311. The van der Waals surface area contributed by atoms with Crippen molar-refractivity contribution in [1.82, 2.24) is 0 Å². The van der Waals surface area contributed by atoms with E-state index in [-0.39, 0.29) is 16.9 Å². The fraction of sp³-hybridized carbons (Fsp3) is 0.774. The lowest BCUT2D eigenvalue weighted by molar-refractivity contribution is -0.0740. The highest BCUT2D eigenvalue weighted by atomic mass is 16.8. The average molecular weight is 473 g/mol. The van der Waals surface area contributed by atoms with Crippen LogP contribution in [0.4, 0.5) is 4.79 Å². The summed E-state index contributed by atoms with van der Waals surface area (Å²) in [5, 5.41) is 0. The van der Waals surface area contributed by atoms with Gasteiger partial charge in [-0.05, 0) is 76.7 Å². The second-order valence-corrected chi connectivity index (χ2v) is 11.3. The molecule has 0 saturated carbocycles. The molecule has 3 aliphatic carbocycles. The van der Waals surface area contributed by atoms with E-state index < -0.39 is 11.8 Å². The van der Waals surface area contributed by atoms with Gasteiger partial charge in [0, 0.05) is 10.8 Å². The van der Waals surface area contributed by atoms with Crippen LogP contribution in [0.3, 0.4) is 0 Å². The molecular formula is C31H52O3. The first-order valence-electron chi connectivity index (χ1n) is 14.2. The first-order chi connectivity index (χ1) is 16.2. The number of rotatable bonds is 3. The molecule has 0 aromatic heterocycles. The largest absolute Gasteiger partial charge is 0.509 e. The Hall–Kier alpha value is -1.51. The Bertz CT molecular complexity index is 744. The molecule has 1 saturated heterocycles. The van der Waals surface area contributed by atoms with E-state index in [1.54, 1.807) is 5.57 Å². The molecule has 1 fully saturated rings. The van der Waals surface area contributed by atoms with E-state index in [0.29, 0.717) is 0 Å². The number of allylic oxidation sites excluding steroid dienone is 5. The number of ether oxygens (including phenoxy) is 2. The van der Waals surface area contributed by atoms with Crippen molar-refractivity contribution in [3.63, 3.8) is 0 Å². The summed E-state index contributed by atoms with van der Waals surface area (Å²) in [5.74, 6) is 0. The molecule has 1 aliphatic heterocycles. The first-order valence-corrected chi connectivity index (χ1v) is 14.2. The van der Waals surface area contributed by atoms with Crippen LogP contribution < -0.4 is 0 Å². The Morgan fingerprint density at radius 3 is 2.44 bits per heavy atom. The molecule has 0 aromatic carbocycles. The fourth-order valence-electron chi connectivity index (χ4n) is 6.01. The third-order valence-electron chi connectivity index (χ3n) is 8.29. The van der Waals surface area contributed by atoms with Crippen LogP contribution in [0.2, 0.25) is 0 Å². The summed E-state index contributed by atoms with van der Waals surface area (Å²) in [7, 11) is 0. The Morgan fingerprint density at radius 2 is 1.71 bits per heavy atom. The molecule has 4 aliphatic rings. The second kappa shape index (κ2) is 13.0. The molecule has 4 rings (SSSR count). The van der Waals surface area contributed by atoms with Crippen molar-refractivity contribution in [1.29, 1.82) is 0 Å². The van der Waals surface area contributed by atoms with Crippen molar-refractivity contribution >= 4 is 6.16 Å². The number of carbonyl (C=O) groups is 1. The number of hydrogen-bond acceptors (Lipinski definition) is 3. The molecule has 0 aromatic rings. The van der Waals surface area contributed by atoms with Gasteiger partial charge < -0.3 is 9.47 Å². The zero-order chi connectivity index (χ0) is 25.2. The standard InChI is InChI=1S/C20H30O3.C9H16.C2H6/c1-5-6-14-20-16(22-17(21)23-20)15-10-7-8-12-19(15,4)13-9-11-18(20,2)3;1-9-7-5-3-2-4-6-8-9;1-2/h9-10,13,16H,5-8,11-12,14H2,1-4H3;7H,2-6,8H2,1H3;1-2H3/b13-9+;9-7+;/t16-,19-,20+;;/m0../s1. The van der Waals surface area contributed by atoms with Gasteiger partial charge in [-0.15, -0.1) is 0 Å². The lowest BCUT2D eigenvalue weighted by Crippen LogP contribution is -2.55. The van der Waals surface area contributed by atoms with Crippen LogP contribution in [-0.2, 0) is 9.47 Å². The minimum Gasteiger partial charge on any atom is -0.423 e. The molecule has 0 N–H and O–H groups in total. The van der Waals surface area contributed by atoms with Crippen LogP contribution in [0.5, 0.6) is 0 Å². The molecule has 3 nitrogen and oxygen atoms in total. The monoisotopic (exact) mass is 472 g/mol. The van der Waals surface area contributed by atoms with Crippen LogP contribution in [0.15, 0.2) is 35.5 Å². The van der Waals surface area contributed by atoms with Crippen molar-refractivity contribution < 1.29 is 14.3 Å². The van der Waals surface area contributed by atoms with Crippen molar-refractivity contribution in [3.05, 3.63) is 35.5 Å². The van der Waals surface area contributed by atoms with E-state index in [9.17, 15) is 4.79 Å². The van der Waals surface area contributed by atoms with Crippen LogP contribution in [0.25, 0.3) is 0 Å². The SMILES string of the molecule is C/C1=C\CCCCCC1.CC.CCCC[C@@]12OC(=O)O[C@H]1C1=CCCC[C@@]1(C)/C=C/CC2(C)C. The molecule has 3 heteroatoms. The van der Waals surface area contributed by atoms with Crippen LogP contribution >= 0.6 is 0 Å². The molecule has 0 amide bonds. The highest BCUT2D eigenvalue weighted by Gasteiger charge is 2.62. The van der Waals surface area contributed by atoms with Gasteiger partial charge in [0.25, 0.3) is 0 Å². The van der Waals surface area contributed by atoms with E-state index in [1.807, 2.05) is 13.8 Å². The highest BCUT2D eigenvalue weighted by molar-refractivity contribution is 5.65. The summed E-state index contributed by atoms with van der Waals surface area (Å²) in [6.07, 6.45) is 24.3. The van der Waals surface area contributed by atoms with Crippen molar-refractivity contribution in [3.8, 4) is 0 Å². The third-order valence-corrected chi connectivity index (χ3v) is 8.29. The predicted octanol–water partition coefficient (Wildman–Crippen LogP) is 9.87. The van der Waals surface area contributed by atoms with E-state index in [4.69, 9.17) is 9.47 Å². The maximum atomic E-state index is 12.2. The lowest BCUT2D eigenvalue weighted by Gasteiger charge is -2.49. The summed E-state index contributed by atoms with van der Waals surface area (Å²) < 4.78 is 11.8. The van der Waals surface area contributed by atoms with Crippen molar-refractivity contribution in [2.45, 2.75) is 144 Å². The third kappa shape index (κ3) is 6.58. The quantitative estimate of drug-likeness (QED) is 0.303. The van der Waals surface area contributed by atoms with Gasteiger partial charge >= 0.3 is 6.16 Å². The summed E-state index contributed by atoms with van der Waals surface area (Å²) >= 11 is 0. The van der Waals surface area contributed by atoms with Crippen LogP contribution in [-0.4, -0.2) is 17.9 Å². The molecule has 0 radical (unpaired) electrons.